The number of carbonyl (C=O) groups excluding carboxylic acids is 1. The van der Waals surface area contributed by atoms with Gasteiger partial charge in [-0.05, 0) is 24.7 Å². The molecular formula is C14H21N3O3S. The minimum atomic E-state index is -1.02. The van der Waals surface area contributed by atoms with Gasteiger partial charge in [0.1, 0.15) is 0 Å². The van der Waals surface area contributed by atoms with E-state index in [1.165, 1.54) is 36.0 Å². The van der Waals surface area contributed by atoms with Crippen molar-refractivity contribution in [2.45, 2.75) is 39.0 Å². The molecule has 0 radical (unpaired) electrons. The van der Waals surface area contributed by atoms with E-state index in [9.17, 15) is 9.59 Å². The molecule has 0 unspecified atom stereocenters. The predicted molar refractivity (Wildman–Crippen MR) is 80.8 cm³/mol. The maximum absolute atomic E-state index is 11.7. The lowest BCUT2D eigenvalue weighted by atomic mass is 9.67. The zero-order valence-corrected chi connectivity index (χ0v) is 13.0. The summed E-state index contributed by atoms with van der Waals surface area (Å²) < 4.78 is 0. The molecule has 0 aliphatic heterocycles. The Morgan fingerprint density at radius 2 is 2.19 bits per heavy atom. The molecule has 0 bridgehead atoms. The molecule has 1 saturated carbocycles. The van der Waals surface area contributed by atoms with Gasteiger partial charge in [0.15, 0.2) is 5.69 Å². The highest BCUT2D eigenvalue weighted by atomic mass is 32.1. The highest BCUT2D eigenvalue weighted by molar-refractivity contribution is 7.09. The first-order valence-corrected chi connectivity index (χ1v) is 8.12. The number of nitrogens with zero attached hydrogens (tertiary/aromatic N) is 1. The van der Waals surface area contributed by atoms with E-state index in [0.29, 0.717) is 18.4 Å². The largest absolute Gasteiger partial charge is 0.476 e. The van der Waals surface area contributed by atoms with Gasteiger partial charge in [0.2, 0.25) is 0 Å². The quantitative estimate of drug-likeness (QED) is 0.720. The van der Waals surface area contributed by atoms with Crippen LogP contribution in [0, 0.1) is 5.41 Å². The molecule has 0 aromatic carbocycles. The summed E-state index contributed by atoms with van der Waals surface area (Å²) in [5.41, 5.74) is 0.373. The molecule has 1 heterocycles. The summed E-state index contributed by atoms with van der Waals surface area (Å²) in [5, 5.41) is 16.7. The normalized spacial score (nSPS) is 16.0. The van der Waals surface area contributed by atoms with Crippen LogP contribution in [-0.2, 0) is 6.42 Å². The first kappa shape index (κ1) is 15.8. The Morgan fingerprint density at radius 3 is 2.71 bits per heavy atom. The highest BCUT2D eigenvalue weighted by Crippen LogP contribution is 2.42. The average Bonchev–Trinajstić information content (AvgIpc) is 2.87. The number of carboxylic acid groups (broad SMARTS) is 1. The zero-order chi connectivity index (χ0) is 15.3. The summed E-state index contributed by atoms with van der Waals surface area (Å²) in [6.07, 6.45) is 5.30. The Hall–Kier alpha value is -1.63. The number of amides is 2. The van der Waals surface area contributed by atoms with E-state index in [-0.39, 0.29) is 11.7 Å². The maximum Gasteiger partial charge on any atom is 0.355 e. The van der Waals surface area contributed by atoms with Gasteiger partial charge >= 0.3 is 12.0 Å². The van der Waals surface area contributed by atoms with Crippen LogP contribution >= 0.6 is 11.3 Å². The second-order valence-corrected chi connectivity index (χ2v) is 6.44. The van der Waals surface area contributed by atoms with Gasteiger partial charge < -0.3 is 15.7 Å². The molecule has 0 spiro atoms. The maximum atomic E-state index is 11.7. The zero-order valence-electron chi connectivity index (χ0n) is 12.1. The van der Waals surface area contributed by atoms with Crippen molar-refractivity contribution in [3.8, 4) is 0 Å². The van der Waals surface area contributed by atoms with Crippen molar-refractivity contribution in [1.82, 2.24) is 15.6 Å². The Bertz CT molecular complexity index is 506. The van der Waals surface area contributed by atoms with Crippen molar-refractivity contribution in [2.24, 2.45) is 5.41 Å². The van der Waals surface area contributed by atoms with Crippen LogP contribution in [-0.4, -0.2) is 35.2 Å². The second-order valence-electron chi connectivity index (χ2n) is 5.50. The molecule has 3 N–H and O–H groups in total. The number of hydrogen-bond donors (Lipinski definition) is 3. The standard InChI is InChI=1S/C14H21N3O3S/c1-2-14(5-3-6-14)9-16-13(20)15-7-4-11-17-10(8-21-11)12(18)19/h8H,2-7,9H2,1H3,(H,18,19)(H2,15,16,20). The number of nitrogens with one attached hydrogen (secondary N) is 2. The SMILES string of the molecule is CCC1(CNC(=O)NCCc2nc(C(=O)O)cs2)CCC1. The minimum Gasteiger partial charge on any atom is -0.476 e. The third-order valence-corrected chi connectivity index (χ3v) is 5.09. The van der Waals surface area contributed by atoms with Crippen LogP contribution in [0.25, 0.3) is 0 Å². The number of thiazole rings is 1. The van der Waals surface area contributed by atoms with Gasteiger partial charge in [-0.25, -0.2) is 14.6 Å². The fourth-order valence-electron chi connectivity index (χ4n) is 2.47. The van der Waals surface area contributed by atoms with Crippen molar-refractivity contribution in [3.05, 3.63) is 16.1 Å². The Balaban J connectivity index is 1.65. The highest BCUT2D eigenvalue weighted by Gasteiger charge is 2.35. The molecule has 6 nitrogen and oxygen atoms in total. The van der Waals surface area contributed by atoms with Crippen molar-refractivity contribution in [1.29, 1.82) is 0 Å². The van der Waals surface area contributed by atoms with E-state index in [0.717, 1.165) is 18.0 Å². The molecule has 1 aromatic rings. The number of hydrogen-bond acceptors (Lipinski definition) is 4. The number of carbonyl (C=O) groups is 2. The number of urea groups is 1. The van der Waals surface area contributed by atoms with E-state index in [1.54, 1.807) is 0 Å². The molecule has 21 heavy (non-hydrogen) atoms. The van der Waals surface area contributed by atoms with Crippen LogP contribution in [0.4, 0.5) is 4.79 Å². The first-order valence-electron chi connectivity index (χ1n) is 7.24. The molecular weight excluding hydrogens is 290 g/mol. The van der Waals surface area contributed by atoms with Crippen molar-refractivity contribution < 1.29 is 14.7 Å². The Morgan fingerprint density at radius 1 is 1.43 bits per heavy atom. The molecule has 7 heteroatoms. The molecule has 1 aliphatic carbocycles. The van der Waals surface area contributed by atoms with Crippen molar-refractivity contribution in [2.75, 3.05) is 13.1 Å². The third kappa shape index (κ3) is 4.17. The summed E-state index contributed by atoms with van der Waals surface area (Å²) >= 11 is 1.30. The molecule has 2 rings (SSSR count). The van der Waals surface area contributed by atoms with Gasteiger partial charge in [-0.15, -0.1) is 11.3 Å². The van der Waals surface area contributed by atoms with Gasteiger partial charge in [0, 0.05) is 24.9 Å². The van der Waals surface area contributed by atoms with Crippen LogP contribution in [0.5, 0.6) is 0 Å². The molecule has 1 aliphatic rings. The molecule has 2 amide bonds. The van der Waals surface area contributed by atoms with E-state index in [4.69, 9.17) is 5.11 Å². The summed E-state index contributed by atoms with van der Waals surface area (Å²) in [6, 6.07) is -0.162. The summed E-state index contributed by atoms with van der Waals surface area (Å²) in [6.45, 7) is 3.36. The number of aromatic nitrogens is 1. The van der Waals surface area contributed by atoms with Crippen LogP contribution < -0.4 is 10.6 Å². The Kier molecular flexibility index (Phi) is 5.17. The van der Waals surface area contributed by atoms with Crippen molar-refractivity contribution >= 4 is 23.3 Å². The topological polar surface area (TPSA) is 91.3 Å². The summed E-state index contributed by atoms with van der Waals surface area (Å²) in [5.74, 6) is -1.02. The predicted octanol–water partition coefficient (Wildman–Crippen LogP) is 2.26. The van der Waals surface area contributed by atoms with E-state index in [2.05, 4.69) is 22.5 Å². The molecule has 0 saturated heterocycles. The number of carboxylic acids is 1. The average molecular weight is 311 g/mol. The van der Waals surface area contributed by atoms with Crippen LogP contribution in [0.2, 0.25) is 0 Å². The lowest BCUT2D eigenvalue weighted by Crippen LogP contribution is -2.45. The fraction of sp³-hybridized carbons (Fsp3) is 0.643. The smallest absolute Gasteiger partial charge is 0.355 e. The second kappa shape index (κ2) is 6.89. The van der Waals surface area contributed by atoms with E-state index in [1.807, 2.05) is 0 Å². The molecule has 1 fully saturated rings. The lowest BCUT2D eigenvalue weighted by Gasteiger charge is -2.41. The third-order valence-electron chi connectivity index (χ3n) is 4.18. The summed E-state index contributed by atoms with van der Waals surface area (Å²) in [4.78, 5) is 26.4. The van der Waals surface area contributed by atoms with Gasteiger partial charge in [-0.1, -0.05) is 13.3 Å². The fourth-order valence-corrected chi connectivity index (χ4v) is 3.24. The first-order chi connectivity index (χ1) is 10.0. The minimum absolute atomic E-state index is 0.0642. The lowest BCUT2D eigenvalue weighted by molar-refractivity contribution is 0.0691. The van der Waals surface area contributed by atoms with Gasteiger partial charge in [-0.2, -0.15) is 0 Å². The molecule has 0 atom stereocenters. The van der Waals surface area contributed by atoms with Crippen molar-refractivity contribution in [3.63, 3.8) is 0 Å². The Labute approximate surface area is 128 Å². The van der Waals surface area contributed by atoms with Gasteiger partial charge in [-0.3, -0.25) is 0 Å². The number of rotatable bonds is 7. The van der Waals surface area contributed by atoms with Crippen LogP contribution in [0.3, 0.4) is 0 Å². The summed E-state index contributed by atoms with van der Waals surface area (Å²) in [7, 11) is 0. The monoisotopic (exact) mass is 311 g/mol. The van der Waals surface area contributed by atoms with Gasteiger partial charge in [0.05, 0.1) is 5.01 Å². The van der Waals surface area contributed by atoms with Crippen LogP contribution in [0.15, 0.2) is 5.38 Å². The van der Waals surface area contributed by atoms with Crippen LogP contribution in [0.1, 0.15) is 48.1 Å². The number of aromatic carboxylic acids is 1. The van der Waals surface area contributed by atoms with E-state index < -0.39 is 5.97 Å². The molecule has 1 aromatic heterocycles. The van der Waals surface area contributed by atoms with E-state index >= 15 is 0 Å². The molecule has 116 valence electrons. The van der Waals surface area contributed by atoms with Gasteiger partial charge in [0.25, 0.3) is 0 Å².